The summed E-state index contributed by atoms with van der Waals surface area (Å²) in [6.45, 7) is 10.5. The number of benzene rings is 4. The Hall–Kier alpha value is -5.06. The number of β-lactam (4-membered cyclic amide) rings is 1. The van der Waals surface area contributed by atoms with Gasteiger partial charge in [-0.1, -0.05) is 104 Å². The van der Waals surface area contributed by atoms with E-state index in [9.17, 15) is 19.2 Å². The number of esters is 1. The second-order valence-electron chi connectivity index (χ2n) is 15.1. The average Bonchev–Trinajstić information content (AvgIpc) is 3.22. The highest BCUT2D eigenvalue weighted by Crippen LogP contribution is 2.50. The number of morpholine rings is 1. The van der Waals surface area contributed by atoms with E-state index in [1.54, 1.807) is 34.1 Å². The Morgan fingerprint density at radius 2 is 1.37 bits per heavy atom. The molecule has 2 aliphatic rings. The predicted molar refractivity (Wildman–Crippen MR) is 228 cm³/mol. The Kier molecular flexibility index (Phi) is 13.5. The highest BCUT2D eigenvalue weighted by molar-refractivity contribution is 7.96. The third kappa shape index (κ3) is 9.23. The van der Waals surface area contributed by atoms with Crippen molar-refractivity contribution >= 4 is 60.1 Å². The van der Waals surface area contributed by atoms with Crippen LogP contribution in [0.15, 0.2) is 128 Å². The van der Waals surface area contributed by atoms with E-state index in [0.717, 1.165) is 15.9 Å². The third-order valence-electron chi connectivity index (χ3n) is 10.1. The van der Waals surface area contributed by atoms with Gasteiger partial charge in [-0.05, 0) is 66.7 Å². The van der Waals surface area contributed by atoms with Crippen molar-refractivity contribution in [1.82, 2.24) is 9.80 Å². The fourth-order valence-corrected chi connectivity index (χ4v) is 13.3. The summed E-state index contributed by atoms with van der Waals surface area (Å²) in [6.07, 6.45) is 0.893. The molecule has 4 aromatic rings. The lowest BCUT2D eigenvalue weighted by atomic mass is 9.79. The maximum Gasteiger partial charge on any atom is 0.356 e. The van der Waals surface area contributed by atoms with Crippen LogP contribution in [0.2, 0.25) is 19.6 Å². The number of ether oxygens (including phenoxy) is 3. The largest absolute Gasteiger partial charge is 0.484 e. The number of amides is 2. The highest BCUT2D eigenvalue weighted by atomic mass is 31.2. The fourth-order valence-electron chi connectivity index (χ4n) is 7.65. The molecule has 6 rings (SSSR count). The van der Waals surface area contributed by atoms with Gasteiger partial charge in [-0.2, -0.15) is 0 Å². The molecule has 0 saturated carbocycles. The van der Waals surface area contributed by atoms with Gasteiger partial charge in [-0.3, -0.25) is 14.4 Å². The van der Waals surface area contributed by atoms with Gasteiger partial charge in [0.1, 0.15) is 17.8 Å². The minimum Gasteiger partial charge on any atom is -0.484 e. The number of carbonyl (C=O) groups excluding carboxylic acids is 4. The van der Waals surface area contributed by atoms with Crippen LogP contribution in [0.3, 0.4) is 0 Å². The first-order valence-electron chi connectivity index (χ1n) is 19.3. The lowest BCUT2D eigenvalue weighted by molar-refractivity contribution is -0.156. The number of hydrogen-bond donors (Lipinski definition) is 0. The van der Waals surface area contributed by atoms with E-state index in [-0.39, 0.29) is 42.6 Å². The van der Waals surface area contributed by atoms with Gasteiger partial charge in [0.05, 0.1) is 31.3 Å². The van der Waals surface area contributed by atoms with Crippen LogP contribution in [-0.2, 0) is 28.3 Å². The van der Waals surface area contributed by atoms with Crippen LogP contribution in [0.4, 0.5) is 0 Å². The molecule has 2 aliphatic heterocycles. The van der Waals surface area contributed by atoms with Crippen molar-refractivity contribution < 1.29 is 37.8 Å². The molecule has 12 heteroatoms. The van der Waals surface area contributed by atoms with Crippen molar-refractivity contribution in [3.05, 3.63) is 133 Å². The number of hydrogen-bond acceptors (Lipinski definition) is 8. The molecule has 2 fully saturated rings. The van der Waals surface area contributed by atoms with E-state index >= 15 is 0 Å². The number of ketones is 1. The molecular weight excluding hydrogens is 756 g/mol. The van der Waals surface area contributed by atoms with E-state index in [0.29, 0.717) is 37.6 Å². The van der Waals surface area contributed by atoms with Gasteiger partial charge < -0.3 is 28.4 Å². The summed E-state index contributed by atoms with van der Waals surface area (Å²) in [5.41, 5.74) is 0.602. The zero-order chi connectivity index (χ0) is 40.6. The van der Waals surface area contributed by atoms with Gasteiger partial charge in [0, 0.05) is 32.0 Å². The Morgan fingerprint density at radius 3 is 1.86 bits per heavy atom. The molecule has 0 aromatic heterocycles. The van der Waals surface area contributed by atoms with Gasteiger partial charge in [-0.25, -0.2) is 4.79 Å². The van der Waals surface area contributed by atoms with Gasteiger partial charge in [0.2, 0.25) is 5.91 Å². The fraction of sp³-hybridized carbons (Fsp3) is 0.311. The number of Topliss-reactive ketones (excluding diaryl/α,β-unsaturated/α-hetero) is 1. The summed E-state index contributed by atoms with van der Waals surface area (Å²) < 4.78 is 23.6. The molecule has 0 aliphatic carbocycles. The van der Waals surface area contributed by atoms with Crippen LogP contribution in [-0.4, -0.2) is 98.8 Å². The normalized spacial score (nSPS) is 17.6. The molecule has 2 amide bonds. The van der Waals surface area contributed by atoms with Crippen LogP contribution in [0.5, 0.6) is 5.75 Å². The maximum absolute atomic E-state index is 14.9. The summed E-state index contributed by atoms with van der Waals surface area (Å²) in [7, 11) is -2.15. The number of rotatable bonds is 16. The molecule has 2 heterocycles. The molecular formula is C45H51N2O8PSi. The van der Waals surface area contributed by atoms with Crippen molar-refractivity contribution in [3.63, 3.8) is 0 Å². The molecule has 0 spiro atoms. The molecule has 4 aromatic carbocycles. The Labute approximate surface area is 336 Å². The van der Waals surface area contributed by atoms with Crippen LogP contribution in [0.1, 0.15) is 23.7 Å². The van der Waals surface area contributed by atoms with Gasteiger partial charge in [0.15, 0.2) is 20.7 Å². The summed E-state index contributed by atoms with van der Waals surface area (Å²) in [5.74, 6) is -1.57. The minimum absolute atomic E-state index is 0.0721. The van der Waals surface area contributed by atoms with E-state index < -0.39 is 39.2 Å². The second-order valence-corrected chi connectivity index (χ2v) is 22.8. The summed E-state index contributed by atoms with van der Waals surface area (Å²) in [4.78, 5) is 60.1. The molecule has 0 N–H and O–H groups in total. The van der Waals surface area contributed by atoms with Crippen LogP contribution in [0.25, 0.3) is 0 Å². The predicted octanol–water partition coefficient (Wildman–Crippen LogP) is 5.42. The van der Waals surface area contributed by atoms with Crippen LogP contribution < -0.4 is 20.7 Å². The molecule has 2 saturated heterocycles. The topological polar surface area (TPSA) is 112 Å². The number of nitrogens with zero attached hydrogens (tertiary/aromatic N) is 2. The first kappa shape index (κ1) is 41.6. The van der Waals surface area contributed by atoms with E-state index in [4.69, 9.17) is 18.6 Å². The lowest BCUT2D eigenvalue weighted by Gasteiger charge is -2.52. The van der Waals surface area contributed by atoms with E-state index in [1.165, 1.54) is 6.08 Å². The molecule has 0 radical (unpaired) electrons. The second kappa shape index (κ2) is 18.5. The molecule has 0 bridgehead atoms. The van der Waals surface area contributed by atoms with Gasteiger partial charge in [-0.15, -0.1) is 0 Å². The molecule has 298 valence electrons. The van der Waals surface area contributed by atoms with Crippen molar-refractivity contribution in [3.8, 4) is 5.75 Å². The minimum atomic E-state index is -3.19. The molecule has 3 atom stereocenters. The van der Waals surface area contributed by atoms with Crippen molar-refractivity contribution in [1.29, 1.82) is 0 Å². The number of carbonyl (C=O) groups is 4. The zero-order valence-corrected chi connectivity index (χ0v) is 34.9. The standard InChI is InChI=1S/C45H51N2O8PSi/c1-6-28-53-45(51)44(56(36-16-10-7-11-17-36,37-18-12-8-13-19-37)38-20-14-9-15-21-38)47-39(42(43(47)50)33(2)55-57(3,4)5)31-40(48)34-22-24-35(25-23-34)54-32-41(49)46-26-29-52-30-27-46/h6-25,33,39,42H,1,26-32H2,2-5H3/t33-,39-,42-/m1/s1. The zero-order valence-electron chi connectivity index (χ0n) is 33.0. The first-order valence-corrected chi connectivity index (χ1v) is 24.5. The smallest absolute Gasteiger partial charge is 0.356 e. The highest BCUT2D eigenvalue weighted by Gasteiger charge is 2.56. The van der Waals surface area contributed by atoms with E-state index in [2.05, 4.69) is 26.2 Å². The van der Waals surface area contributed by atoms with E-state index in [1.807, 2.05) is 97.9 Å². The summed E-state index contributed by atoms with van der Waals surface area (Å²) in [6, 6.07) is 35.2. The van der Waals surface area contributed by atoms with Gasteiger partial charge >= 0.3 is 5.97 Å². The van der Waals surface area contributed by atoms with Gasteiger partial charge in [0.25, 0.3) is 5.91 Å². The average molecular weight is 807 g/mol. The molecule has 0 unspecified atom stereocenters. The Morgan fingerprint density at radius 1 is 0.842 bits per heavy atom. The molecule has 10 nitrogen and oxygen atoms in total. The number of likely N-dealkylation sites (tertiary alicyclic amines) is 1. The first-order chi connectivity index (χ1) is 27.5. The van der Waals surface area contributed by atoms with Crippen LogP contribution >= 0.6 is 6.89 Å². The molecule has 57 heavy (non-hydrogen) atoms. The maximum atomic E-state index is 14.9. The quantitative estimate of drug-likeness (QED) is 0.0369. The Balaban J connectivity index is 1.46. The summed E-state index contributed by atoms with van der Waals surface area (Å²) in [5, 5.41) is 2.55. The van der Waals surface area contributed by atoms with Crippen molar-refractivity contribution in [2.24, 2.45) is 5.92 Å². The SMILES string of the molecule is C=CCOC(=O)C(N1C(=O)[C@H]([C@@H](C)O[Si](C)(C)C)[C@H]1CC(=O)c1ccc(OCC(=O)N2CCOCC2)cc1)=P(c1ccccc1)(c1ccccc1)c1ccccc1. The van der Waals surface area contributed by atoms with Crippen molar-refractivity contribution in [2.45, 2.75) is 45.1 Å². The summed E-state index contributed by atoms with van der Waals surface area (Å²) >= 11 is 0. The lowest BCUT2D eigenvalue weighted by Crippen LogP contribution is -2.69. The van der Waals surface area contributed by atoms with Crippen molar-refractivity contribution in [2.75, 3.05) is 39.5 Å². The van der Waals surface area contributed by atoms with Crippen LogP contribution in [0, 0.1) is 5.92 Å². The third-order valence-corrected chi connectivity index (χ3v) is 15.4. The Bertz CT molecular complexity index is 2000. The monoisotopic (exact) mass is 806 g/mol.